The van der Waals surface area contributed by atoms with Crippen molar-refractivity contribution in [3.8, 4) is 0 Å². The van der Waals surface area contributed by atoms with Crippen LogP contribution in [-0.4, -0.2) is 20.1 Å². The molecule has 2 rings (SSSR count). The maximum Gasteiger partial charge on any atom is 0.0610 e. The first-order valence-corrected chi connectivity index (χ1v) is 6.90. The van der Waals surface area contributed by atoms with Gasteiger partial charge in [-0.1, -0.05) is 31.9 Å². The Bertz CT molecular complexity index is 360. The highest BCUT2D eigenvalue weighted by Gasteiger charge is 2.14. The van der Waals surface area contributed by atoms with E-state index in [9.17, 15) is 0 Å². The van der Waals surface area contributed by atoms with Crippen LogP contribution in [0.2, 0.25) is 0 Å². The lowest BCUT2D eigenvalue weighted by molar-refractivity contribution is 0.704. The number of fused-ring (bicyclic) bond motifs is 1. The number of aryl methyl sites for hydroxylation is 1. The number of nitrogens with zero attached hydrogens (tertiary/aromatic N) is 1. The summed E-state index contributed by atoms with van der Waals surface area (Å²) in [5.74, 6) is 0. The van der Waals surface area contributed by atoms with E-state index in [1.54, 1.807) is 0 Å². The first-order valence-electron chi connectivity index (χ1n) is 6.90. The minimum atomic E-state index is 1.12. The van der Waals surface area contributed by atoms with E-state index in [2.05, 4.69) is 42.4 Å². The summed E-state index contributed by atoms with van der Waals surface area (Å²) in [7, 11) is 2.21. The molecule has 1 heterocycles. The molecule has 2 heteroatoms. The Kier molecular flexibility index (Phi) is 4.29. The second kappa shape index (κ2) is 5.95. The molecule has 2 nitrogen and oxygen atoms in total. The highest BCUT2D eigenvalue weighted by Crippen LogP contribution is 2.32. The van der Waals surface area contributed by atoms with Crippen molar-refractivity contribution < 1.29 is 0 Å². The van der Waals surface area contributed by atoms with Gasteiger partial charge >= 0.3 is 0 Å². The lowest BCUT2D eigenvalue weighted by atomic mass is 10.0. The van der Waals surface area contributed by atoms with Gasteiger partial charge < -0.3 is 10.2 Å². The van der Waals surface area contributed by atoms with E-state index < -0.39 is 0 Å². The summed E-state index contributed by atoms with van der Waals surface area (Å²) in [6.07, 6.45) is 6.39. The zero-order valence-corrected chi connectivity index (χ0v) is 11.1. The summed E-state index contributed by atoms with van der Waals surface area (Å²) in [4.78, 5) is 2.40. The van der Waals surface area contributed by atoms with Crippen LogP contribution in [0, 0.1) is 0 Å². The smallest absolute Gasteiger partial charge is 0.0610 e. The Balaban J connectivity index is 2.09. The average molecular weight is 232 g/mol. The van der Waals surface area contributed by atoms with E-state index in [0.29, 0.717) is 0 Å². The molecule has 1 aliphatic rings. The minimum Gasteiger partial charge on any atom is -0.383 e. The standard InChI is InChI=1S/C15H24N2/c1-3-4-5-12-17(2)14-10-6-8-13-9-7-11-16-15(13)14/h6,8,10,16H,3-5,7,9,11-12H2,1-2H3. The Morgan fingerprint density at radius 1 is 1.29 bits per heavy atom. The molecule has 0 atom stereocenters. The number of hydrogen-bond donors (Lipinski definition) is 1. The van der Waals surface area contributed by atoms with Crippen molar-refractivity contribution in [2.45, 2.75) is 39.0 Å². The van der Waals surface area contributed by atoms with Crippen molar-refractivity contribution in [1.29, 1.82) is 0 Å². The molecule has 0 fully saturated rings. The summed E-state index contributed by atoms with van der Waals surface area (Å²) in [6.45, 7) is 4.53. The zero-order chi connectivity index (χ0) is 12.1. The number of hydrogen-bond acceptors (Lipinski definition) is 2. The molecule has 0 aliphatic carbocycles. The van der Waals surface area contributed by atoms with E-state index in [1.807, 2.05) is 0 Å². The largest absolute Gasteiger partial charge is 0.383 e. The van der Waals surface area contributed by atoms with Gasteiger partial charge in [-0.05, 0) is 30.9 Å². The predicted molar refractivity (Wildman–Crippen MR) is 76.0 cm³/mol. The van der Waals surface area contributed by atoms with Gasteiger partial charge in [-0.25, -0.2) is 0 Å². The monoisotopic (exact) mass is 232 g/mol. The van der Waals surface area contributed by atoms with Crippen LogP contribution < -0.4 is 10.2 Å². The first kappa shape index (κ1) is 12.3. The Morgan fingerprint density at radius 2 is 2.18 bits per heavy atom. The van der Waals surface area contributed by atoms with Crippen molar-refractivity contribution in [1.82, 2.24) is 0 Å². The predicted octanol–water partition coefficient (Wildman–Crippen LogP) is 3.67. The molecule has 1 aromatic rings. The molecule has 0 spiro atoms. The molecule has 0 aromatic heterocycles. The van der Waals surface area contributed by atoms with E-state index in [1.165, 1.54) is 49.0 Å². The lowest BCUT2D eigenvalue weighted by Gasteiger charge is -2.27. The summed E-state index contributed by atoms with van der Waals surface area (Å²) < 4.78 is 0. The number of rotatable bonds is 5. The first-order chi connectivity index (χ1) is 8.33. The zero-order valence-electron chi connectivity index (χ0n) is 11.1. The van der Waals surface area contributed by atoms with Crippen LogP contribution in [0.4, 0.5) is 11.4 Å². The van der Waals surface area contributed by atoms with E-state index in [0.717, 1.165) is 13.1 Å². The van der Waals surface area contributed by atoms with Gasteiger partial charge in [0.1, 0.15) is 0 Å². The molecule has 0 amide bonds. The fourth-order valence-electron chi connectivity index (χ4n) is 2.53. The third-order valence-corrected chi connectivity index (χ3v) is 3.56. The molecule has 0 radical (unpaired) electrons. The van der Waals surface area contributed by atoms with E-state index in [-0.39, 0.29) is 0 Å². The molecule has 17 heavy (non-hydrogen) atoms. The molecule has 0 saturated heterocycles. The van der Waals surface area contributed by atoms with Gasteiger partial charge in [0.25, 0.3) is 0 Å². The quantitative estimate of drug-likeness (QED) is 0.779. The summed E-state index contributed by atoms with van der Waals surface area (Å²) in [5, 5.41) is 3.56. The van der Waals surface area contributed by atoms with Gasteiger partial charge in [-0.2, -0.15) is 0 Å². The van der Waals surface area contributed by atoms with Gasteiger partial charge in [-0.15, -0.1) is 0 Å². The normalized spacial score (nSPS) is 14.0. The van der Waals surface area contributed by atoms with Gasteiger partial charge in [-0.3, -0.25) is 0 Å². The maximum absolute atomic E-state index is 3.56. The van der Waals surface area contributed by atoms with Crippen LogP contribution in [-0.2, 0) is 6.42 Å². The fraction of sp³-hybridized carbons (Fsp3) is 0.600. The van der Waals surface area contributed by atoms with Crippen LogP contribution in [0.1, 0.15) is 38.2 Å². The average Bonchev–Trinajstić information content (AvgIpc) is 2.38. The number of nitrogens with one attached hydrogen (secondary N) is 1. The SMILES string of the molecule is CCCCCN(C)c1cccc2c1NCCC2. The third-order valence-electron chi connectivity index (χ3n) is 3.56. The van der Waals surface area contributed by atoms with Crippen molar-refractivity contribution in [3.05, 3.63) is 23.8 Å². The number of benzene rings is 1. The molecule has 0 saturated carbocycles. The van der Waals surface area contributed by atoms with Crippen molar-refractivity contribution in [3.63, 3.8) is 0 Å². The topological polar surface area (TPSA) is 15.3 Å². The maximum atomic E-state index is 3.56. The van der Waals surface area contributed by atoms with Gasteiger partial charge in [0.15, 0.2) is 0 Å². The number of anilines is 2. The molecule has 94 valence electrons. The van der Waals surface area contributed by atoms with Crippen LogP contribution in [0.15, 0.2) is 18.2 Å². The summed E-state index contributed by atoms with van der Waals surface area (Å²) in [6, 6.07) is 6.69. The Morgan fingerprint density at radius 3 is 3.00 bits per heavy atom. The Hall–Kier alpha value is -1.18. The van der Waals surface area contributed by atoms with Crippen LogP contribution in [0.5, 0.6) is 0 Å². The van der Waals surface area contributed by atoms with Gasteiger partial charge in [0.05, 0.1) is 11.4 Å². The summed E-state index contributed by atoms with van der Waals surface area (Å²) >= 11 is 0. The van der Waals surface area contributed by atoms with Crippen molar-refractivity contribution in [2.24, 2.45) is 0 Å². The van der Waals surface area contributed by atoms with E-state index in [4.69, 9.17) is 0 Å². The van der Waals surface area contributed by atoms with Gasteiger partial charge in [0, 0.05) is 20.1 Å². The summed E-state index contributed by atoms with van der Waals surface area (Å²) in [5.41, 5.74) is 4.23. The van der Waals surface area contributed by atoms with Crippen molar-refractivity contribution in [2.75, 3.05) is 30.4 Å². The highest BCUT2D eigenvalue weighted by atomic mass is 15.1. The van der Waals surface area contributed by atoms with Crippen LogP contribution in [0.25, 0.3) is 0 Å². The number of para-hydroxylation sites is 1. The molecule has 1 aromatic carbocycles. The van der Waals surface area contributed by atoms with Gasteiger partial charge in [0.2, 0.25) is 0 Å². The molecule has 0 bridgehead atoms. The second-order valence-electron chi connectivity index (χ2n) is 4.97. The highest BCUT2D eigenvalue weighted by molar-refractivity contribution is 5.74. The lowest BCUT2D eigenvalue weighted by Crippen LogP contribution is -2.22. The third kappa shape index (κ3) is 2.93. The van der Waals surface area contributed by atoms with Crippen LogP contribution >= 0.6 is 0 Å². The molecular weight excluding hydrogens is 208 g/mol. The van der Waals surface area contributed by atoms with E-state index >= 15 is 0 Å². The fourth-order valence-corrected chi connectivity index (χ4v) is 2.53. The molecular formula is C15H24N2. The van der Waals surface area contributed by atoms with Crippen LogP contribution in [0.3, 0.4) is 0 Å². The van der Waals surface area contributed by atoms with Crippen molar-refractivity contribution >= 4 is 11.4 Å². The molecule has 1 aliphatic heterocycles. The molecule has 1 N–H and O–H groups in total. The minimum absolute atomic E-state index is 1.12. The number of unbranched alkanes of at least 4 members (excludes halogenated alkanes) is 2. The Labute approximate surface area is 105 Å². The second-order valence-corrected chi connectivity index (χ2v) is 4.97. The molecule has 0 unspecified atom stereocenters.